The highest BCUT2D eigenvalue weighted by Crippen LogP contribution is 2.22. The molecule has 3 aromatic rings. The number of rotatable bonds is 6. The molecule has 168 valence electrons. The third-order valence-corrected chi connectivity index (χ3v) is 6.58. The van der Waals surface area contributed by atoms with E-state index in [1.807, 2.05) is 0 Å². The largest absolute Gasteiger partial charge is 0.465 e. The summed E-state index contributed by atoms with van der Waals surface area (Å²) in [6, 6.07) is 10.3. The van der Waals surface area contributed by atoms with Crippen molar-refractivity contribution >= 4 is 49.2 Å². The van der Waals surface area contributed by atoms with Crippen molar-refractivity contribution in [3.63, 3.8) is 0 Å². The lowest BCUT2D eigenvalue weighted by Crippen LogP contribution is -2.23. The van der Waals surface area contributed by atoms with Gasteiger partial charge in [0.15, 0.2) is 14.6 Å². The number of carbonyl (C=O) groups excluding carboxylic acids is 3. The van der Waals surface area contributed by atoms with Gasteiger partial charge in [0.25, 0.3) is 5.91 Å². The normalized spacial score (nSPS) is 12.0. The molecular formula is C21H20N2O7S2. The number of sulfone groups is 1. The van der Waals surface area contributed by atoms with Gasteiger partial charge in [0.05, 0.1) is 34.4 Å². The lowest BCUT2D eigenvalue weighted by molar-refractivity contribution is -0.143. The van der Waals surface area contributed by atoms with Crippen LogP contribution >= 0.6 is 11.3 Å². The molecule has 0 aliphatic heterocycles. The van der Waals surface area contributed by atoms with Gasteiger partial charge in [-0.2, -0.15) is 4.99 Å². The minimum atomic E-state index is -3.44. The van der Waals surface area contributed by atoms with Gasteiger partial charge in [-0.05, 0) is 49.4 Å². The molecule has 1 heterocycles. The molecule has 0 aliphatic carbocycles. The SMILES string of the molecule is CCOC(=O)Cn1c(=NC(=O)c2ccc(C(=O)OC)cc2)sc2cc(S(C)(=O)=O)ccc21. The average Bonchev–Trinajstić information content (AvgIpc) is 3.08. The van der Waals surface area contributed by atoms with Crippen LogP contribution in [-0.2, 0) is 30.7 Å². The minimum absolute atomic E-state index is 0.116. The van der Waals surface area contributed by atoms with E-state index in [1.165, 1.54) is 48.1 Å². The summed E-state index contributed by atoms with van der Waals surface area (Å²) in [7, 11) is -2.18. The van der Waals surface area contributed by atoms with Crippen LogP contribution in [0.25, 0.3) is 10.2 Å². The lowest BCUT2D eigenvalue weighted by atomic mass is 10.1. The Bertz CT molecular complexity index is 1370. The van der Waals surface area contributed by atoms with Crippen molar-refractivity contribution in [2.75, 3.05) is 20.0 Å². The van der Waals surface area contributed by atoms with Crippen LogP contribution < -0.4 is 4.80 Å². The van der Waals surface area contributed by atoms with E-state index < -0.39 is 27.7 Å². The molecule has 0 unspecified atom stereocenters. The van der Waals surface area contributed by atoms with E-state index in [4.69, 9.17) is 4.74 Å². The first-order valence-corrected chi connectivity index (χ1v) is 12.1. The van der Waals surface area contributed by atoms with Crippen LogP contribution in [0.2, 0.25) is 0 Å². The molecule has 1 aromatic heterocycles. The zero-order valence-corrected chi connectivity index (χ0v) is 19.2. The van der Waals surface area contributed by atoms with Gasteiger partial charge in [-0.15, -0.1) is 0 Å². The van der Waals surface area contributed by atoms with Crippen molar-refractivity contribution in [3.05, 3.63) is 58.4 Å². The highest BCUT2D eigenvalue weighted by molar-refractivity contribution is 7.90. The molecule has 0 aliphatic rings. The van der Waals surface area contributed by atoms with Gasteiger partial charge in [0.1, 0.15) is 6.54 Å². The lowest BCUT2D eigenvalue weighted by Gasteiger charge is -2.05. The monoisotopic (exact) mass is 476 g/mol. The van der Waals surface area contributed by atoms with Gasteiger partial charge in [-0.1, -0.05) is 11.3 Å². The number of methoxy groups -OCH3 is 1. The predicted molar refractivity (Wildman–Crippen MR) is 117 cm³/mol. The van der Waals surface area contributed by atoms with Gasteiger partial charge in [0, 0.05) is 11.8 Å². The molecule has 11 heteroatoms. The summed E-state index contributed by atoms with van der Waals surface area (Å²) in [6.45, 7) is 1.68. The summed E-state index contributed by atoms with van der Waals surface area (Å²) in [5, 5.41) is 0. The highest BCUT2D eigenvalue weighted by atomic mass is 32.2. The van der Waals surface area contributed by atoms with Gasteiger partial charge in [0.2, 0.25) is 0 Å². The number of thiazole rings is 1. The van der Waals surface area contributed by atoms with E-state index in [1.54, 1.807) is 13.0 Å². The van der Waals surface area contributed by atoms with E-state index in [2.05, 4.69) is 9.73 Å². The number of esters is 2. The second kappa shape index (κ2) is 9.45. The van der Waals surface area contributed by atoms with Crippen molar-refractivity contribution < 1.29 is 32.3 Å². The van der Waals surface area contributed by atoms with Crippen molar-refractivity contribution in [1.82, 2.24) is 4.57 Å². The Labute approximate surface area is 187 Å². The smallest absolute Gasteiger partial charge is 0.337 e. The molecule has 3 rings (SSSR count). The highest BCUT2D eigenvalue weighted by Gasteiger charge is 2.16. The van der Waals surface area contributed by atoms with Gasteiger partial charge < -0.3 is 14.0 Å². The number of hydrogen-bond donors (Lipinski definition) is 0. The average molecular weight is 477 g/mol. The minimum Gasteiger partial charge on any atom is -0.465 e. The molecule has 0 saturated heterocycles. The Hall–Kier alpha value is -3.31. The van der Waals surface area contributed by atoms with Crippen LogP contribution in [0.15, 0.2) is 52.4 Å². The molecular weight excluding hydrogens is 456 g/mol. The van der Waals surface area contributed by atoms with Crippen LogP contribution in [-0.4, -0.2) is 50.8 Å². The van der Waals surface area contributed by atoms with Crippen LogP contribution in [0.4, 0.5) is 0 Å². The Kier molecular flexibility index (Phi) is 6.90. The Morgan fingerprint density at radius 2 is 1.72 bits per heavy atom. The fraction of sp³-hybridized carbons (Fsp3) is 0.238. The van der Waals surface area contributed by atoms with Gasteiger partial charge in [-0.25, -0.2) is 13.2 Å². The zero-order chi connectivity index (χ0) is 23.5. The van der Waals surface area contributed by atoms with Crippen LogP contribution in [0.3, 0.4) is 0 Å². The maximum Gasteiger partial charge on any atom is 0.337 e. The quantitative estimate of drug-likeness (QED) is 0.500. The maximum atomic E-state index is 12.7. The van der Waals surface area contributed by atoms with Crippen LogP contribution in [0.1, 0.15) is 27.6 Å². The molecule has 32 heavy (non-hydrogen) atoms. The van der Waals surface area contributed by atoms with Crippen molar-refractivity contribution in [2.24, 2.45) is 4.99 Å². The third kappa shape index (κ3) is 5.11. The molecule has 0 N–H and O–H groups in total. The summed E-state index contributed by atoms with van der Waals surface area (Å²) in [4.78, 5) is 40.9. The summed E-state index contributed by atoms with van der Waals surface area (Å²) < 4.78 is 35.5. The van der Waals surface area contributed by atoms with E-state index in [0.29, 0.717) is 10.2 Å². The number of fused-ring (bicyclic) bond motifs is 1. The number of aromatic nitrogens is 1. The molecule has 0 atom stereocenters. The van der Waals surface area contributed by atoms with E-state index in [-0.39, 0.29) is 34.0 Å². The first-order valence-electron chi connectivity index (χ1n) is 9.40. The third-order valence-electron chi connectivity index (χ3n) is 4.43. The first-order chi connectivity index (χ1) is 15.1. The fourth-order valence-electron chi connectivity index (χ4n) is 2.88. The Morgan fingerprint density at radius 1 is 1.06 bits per heavy atom. The standard InChI is InChI=1S/C21H20N2O7S2/c1-4-30-18(24)12-23-16-10-9-15(32(3,27)28)11-17(16)31-21(23)22-19(25)13-5-7-14(8-6-13)20(26)29-2/h5-11H,4,12H2,1-3H3. The first kappa shape index (κ1) is 23.4. The second-order valence-corrected chi connectivity index (χ2v) is 9.69. The van der Waals surface area contributed by atoms with E-state index in [9.17, 15) is 22.8 Å². The molecule has 0 fully saturated rings. The number of benzene rings is 2. The van der Waals surface area contributed by atoms with Gasteiger partial charge >= 0.3 is 11.9 Å². The summed E-state index contributed by atoms with van der Waals surface area (Å²) in [5.41, 5.74) is 1.06. The van der Waals surface area contributed by atoms with Gasteiger partial charge in [-0.3, -0.25) is 9.59 Å². The van der Waals surface area contributed by atoms with Crippen LogP contribution in [0, 0.1) is 0 Å². The Morgan fingerprint density at radius 3 is 2.31 bits per heavy atom. The van der Waals surface area contributed by atoms with Crippen molar-refractivity contribution in [2.45, 2.75) is 18.4 Å². The van der Waals surface area contributed by atoms with E-state index >= 15 is 0 Å². The molecule has 1 amide bonds. The molecule has 0 radical (unpaired) electrons. The molecule has 0 spiro atoms. The maximum absolute atomic E-state index is 12.7. The number of carbonyl (C=O) groups is 3. The molecule has 0 saturated carbocycles. The molecule has 0 bridgehead atoms. The number of hydrogen-bond acceptors (Lipinski definition) is 8. The second-order valence-electron chi connectivity index (χ2n) is 6.66. The van der Waals surface area contributed by atoms with Crippen molar-refractivity contribution in [3.8, 4) is 0 Å². The predicted octanol–water partition coefficient (Wildman–Crippen LogP) is 2.20. The van der Waals surface area contributed by atoms with Crippen molar-refractivity contribution in [1.29, 1.82) is 0 Å². The fourth-order valence-corrected chi connectivity index (χ4v) is 4.66. The number of ether oxygens (including phenoxy) is 2. The summed E-state index contributed by atoms with van der Waals surface area (Å²) >= 11 is 1.08. The summed E-state index contributed by atoms with van der Waals surface area (Å²) in [5.74, 6) is -1.64. The van der Waals surface area contributed by atoms with E-state index in [0.717, 1.165) is 17.6 Å². The number of nitrogens with zero attached hydrogens (tertiary/aromatic N) is 2. The zero-order valence-electron chi connectivity index (χ0n) is 17.5. The Balaban J connectivity index is 2.09. The van der Waals surface area contributed by atoms with Crippen LogP contribution in [0.5, 0.6) is 0 Å². The number of amides is 1. The molecule has 2 aromatic carbocycles. The topological polar surface area (TPSA) is 121 Å². The molecule has 9 nitrogen and oxygen atoms in total. The summed E-state index contributed by atoms with van der Waals surface area (Å²) in [6.07, 6.45) is 1.10.